The number of benzene rings is 2. The maximum absolute atomic E-state index is 12.9. The Labute approximate surface area is 156 Å². The van der Waals surface area contributed by atoms with Gasteiger partial charge in [0.15, 0.2) is 11.6 Å². The van der Waals surface area contributed by atoms with Crippen LogP contribution in [0.5, 0.6) is 0 Å². The number of anilines is 1. The smallest absolute Gasteiger partial charge is 0.241 e. The van der Waals surface area contributed by atoms with Crippen LogP contribution >= 0.6 is 0 Å². The van der Waals surface area contributed by atoms with Gasteiger partial charge in [-0.05, 0) is 12.5 Å². The first-order valence-electron chi connectivity index (χ1n) is 8.32. The van der Waals surface area contributed by atoms with Crippen molar-refractivity contribution in [2.75, 3.05) is 5.32 Å². The molecule has 140 valence electrons. The molecule has 2 aromatic rings. The van der Waals surface area contributed by atoms with Gasteiger partial charge in [-0.3, -0.25) is 14.4 Å². The second-order valence-corrected chi connectivity index (χ2v) is 7.75. The van der Waals surface area contributed by atoms with E-state index >= 15 is 0 Å². The monoisotopic (exact) mass is 386 g/mol. The van der Waals surface area contributed by atoms with Crippen molar-refractivity contribution in [1.82, 2.24) is 0 Å². The summed E-state index contributed by atoms with van der Waals surface area (Å²) in [6, 6.07) is 10.7. The second-order valence-electron chi connectivity index (χ2n) is 6.19. The molecule has 27 heavy (non-hydrogen) atoms. The lowest BCUT2D eigenvalue weighted by Crippen LogP contribution is -2.35. The fraction of sp³-hybridized carbons (Fsp3) is 0.211. The molecular weight excluding hydrogens is 370 g/mol. The van der Waals surface area contributed by atoms with E-state index in [-0.39, 0.29) is 40.1 Å². The van der Waals surface area contributed by atoms with E-state index in [0.29, 0.717) is 6.42 Å². The zero-order chi connectivity index (χ0) is 19.8. The Morgan fingerprint density at radius 2 is 1.59 bits per heavy atom. The fourth-order valence-corrected chi connectivity index (χ4v) is 3.98. The van der Waals surface area contributed by atoms with Crippen molar-refractivity contribution in [2.24, 2.45) is 0 Å². The summed E-state index contributed by atoms with van der Waals surface area (Å²) in [4.78, 5) is 37.9. The topological polar surface area (TPSA) is 120 Å². The summed E-state index contributed by atoms with van der Waals surface area (Å²) in [5.41, 5.74) is 0.597. The van der Waals surface area contributed by atoms with E-state index < -0.39 is 27.1 Å². The van der Waals surface area contributed by atoms with E-state index in [9.17, 15) is 27.4 Å². The van der Waals surface area contributed by atoms with Gasteiger partial charge in [0.05, 0.1) is 11.3 Å². The van der Waals surface area contributed by atoms with Crippen LogP contribution in [0.15, 0.2) is 42.5 Å². The molecule has 0 spiro atoms. The number of hydrogen-bond acceptors (Lipinski definition) is 6. The average molecular weight is 386 g/mol. The summed E-state index contributed by atoms with van der Waals surface area (Å²) < 4.78 is 34.2. The number of nitrogens with one attached hydrogen (secondary N) is 1. The van der Waals surface area contributed by atoms with Crippen molar-refractivity contribution in [2.45, 2.75) is 25.0 Å². The molecule has 0 heterocycles. The Morgan fingerprint density at radius 1 is 1.00 bits per heavy atom. The van der Waals surface area contributed by atoms with E-state index in [1.165, 1.54) is 24.3 Å². The highest BCUT2D eigenvalue weighted by atomic mass is 32.2. The summed E-state index contributed by atoms with van der Waals surface area (Å²) in [6.45, 7) is 1.65. The van der Waals surface area contributed by atoms with Crippen LogP contribution in [0.25, 0.3) is 0 Å². The third-order valence-corrected chi connectivity index (χ3v) is 5.55. The normalized spacial score (nSPS) is 14.3. The van der Waals surface area contributed by atoms with Crippen LogP contribution in [-0.2, 0) is 14.9 Å². The fourth-order valence-electron chi connectivity index (χ4n) is 3.13. The predicted octanol–water partition coefficient (Wildman–Crippen LogP) is 2.11. The molecule has 8 heteroatoms. The van der Waals surface area contributed by atoms with Crippen LogP contribution in [0, 0.1) is 0 Å². The summed E-state index contributed by atoms with van der Waals surface area (Å²) in [5.74, 6) is -1.83. The van der Waals surface area contributed by atoms with Gasteiger partial charge < -0.3 is 9.87 Å². The highest BCUT2D eigenvalue weighted by molar-refractivity contribution is 7.87. The van der Waals surface area contributed by atoms with Gasteiger partial charge in [0.1, 0.15) is 15.4 Å². The van der Waals surface area contributed by atoms with Crippen molar-refractivity contribution < 1.29 is 27.4 Å². The SMILES string of the molecule is CCC[C@H](C(=O)Nc1cccc2c1C(=O)c1ccccc1C2=O)S(=O)(=O)[O-]. The summed E-state index contributed by atoms with van der Waals surface area (Å²) >= 11 is 0. The van der Waals surface area contributed by atoms with Crippen LogP contribution in [0.4, 0.5) is 5.69 Å². The molecule has 2 aromatic carbocycles. The molecule has 0 bridgehead atoms. The maximum Gasteiger partial charge on any atom is 0.241 e. The molecule has 3 rings (SSSR count). The predicted molar refractivity (Wildman–Crippen MR) is 96.8 cm³/mol. The minimum absolute atomic E-state index is 0.00639. The van der Waals surface area contributed by atoms with Crippen molar-refractivity contribution in [3.05, 3.63) is 64.7 Å². The molecule has 1 aliphatic rings. The van der Waals surface area contributed by atoms with Crippen LogP contribution in [0.3, 0.4) is 0 Å². The molecule has 0 fully saturated rings. The van der Waals surface area contributed by atoms with Crippen molar-refractivity contribution in [1.29, 1.82) is 0 Å². The lowest BCUT2D eigenvalue weighted by molar-refractivity contribution is -0.116. The van der Waals surface area contributed by atoms with Crippen LogP contribution < -0.4 is 5.32 Å². The Bertz CT molecular complexity index is 1060. The van der Waals surface area contributed by atoms with Crippen molar-refractivity contribution >= 4 is 33.3 Å². The Balaban J connectivity index is 2.04. The molecule has 0 aromatic heterocycles. The summed E-state index contributed by atoms with van der Waals surface area (Å²) in [5, 5.41) is 0.588. The van der Waals surface area contributed by atoms with Gasteiger partial charge >= 0.3 is 0 Å². The maximum atomic E-state index is 12.9. The van der Waals surface area contributed by atoms with Gasteiger partial charge in [-0.15, -0.1) is 0 Å². The van der Waals surface area contributed by atoms with Gasteiger partial charge in [0, 0.05) is 16.7 Å². The highest BCUT2D eigenvalue weighted by Gasteiger charge is 2.33. The molecule has 0 saturated heterocycles. The lowest BCUT2D eigenvalue weighted by atomic mass is 9.83. The van der Waals surface area contributed by atoms with Crippen LogP contribution in [0.2, 0.25) is 0 Å². The molecule has 1 amide bonds. The van der Waals surface area contributed by atoms with Crippen LogP contribution in [0.1, 0.15) is 51.6 Å². The molecular formula is C19H16NO6S-. The Kier molecular flexibility index (Phi) is 4.95. The first-order valence-corrected chi connectivity index (χ1v) is 9.79. The minimum Gasteiger partial charge on any atom is -0.747 e. The number of carbonyl (C=O) groups is 3. The molecule has 1 atom stereocenters. The van der Waals surface area contributed by atoms with E-state index in [1.54, 1.807) is 25.1 Å². The summed E-state index contributed by atoms with van der Waals surface area (Å²) in [7, 11) is -4.85. The molecule has 7 nitrogen and oxygen atoms in total. The van der Waals surface area contributed by atoms with Gasteiger partial charge in [0.2, 0.25) is 5.91 Å². The highest BCUT2D eigenvalue weighted by Crippen LogP contribution is 2.32. The molecule has 0 saturated carbocycles. The van der Waals surface area contributed by atoms with E-state index in [0.717, 1.165) is 0 Å². The van der Waals surface area contributed by atoms with E-state index in [1.807, 2.05) is 0 Å². The van der Waals surface area contributed by atoms with Gasteiger partial charge in [-0.2, -0.15) is 0 Å². The van der Waals surface area contributed by atoms with Crippen LogP contribution in [-0.4, -0.2) is 35.7 Å². The number of hydrogen-bond donors (Lipinski definition) is 1. The zero-order valence-corrected chi connectivity index (χ0v) is 15.2. The molecule has 1 N–H and O–H groups in total. The Hall–Kier alpha value is -2.84. The molecule has 0 aliphatic heterocycles. The van der Waals surface area contributed by atoms with E-state index in [4.69, 9.17) is 0 Å². The summed E-state index contributed by atoms with van der Waals surface area (Å²) in [6.07, 6.45) is 0.180. The quantitative estimate of drug-likeness (QED) is 0.671. The van der Waals surface area contributed by atoms with Crippen molar-refractivity contribution in [3.63, 3.8) is 0 Å². The standard InChI is InChI=1S/C19H17NO6S/c1-2-6-15(27(24,25)26)19(23)20-14-10-5-9-13-16(14)18(22)12-8-4-3-7-11(12)17(13)21/h3-5,7-10,15H,2,6H2,1H3,(H,20,23)(H,24,25,26)/p-1/t15-/m1/s1. The molecule has 0 radical (unpaired) electrons. The third-order valence-electron chi connectivity index (χ3n) is 4.40. The number of ketones is 2. The zero-order valence-electron chi connectivity index (χ0n) is 14.4. The first-order chi connectivity index (χ1) is 12.8. The number of amides is 1. The van der Waals surface area contributed by atoms with E-state index in [2.05, 4.69) is 5.32 Å². The molecule has 1 aliphatic carbocycles. The lowest BCUT2D eigenvalue weighted by Gasteiger charge is -2.23. The average Bonchev–Trinajstić information content (AvgIpc) is 2.63. The third kappa shape index (κ3) is 3.41. The number of fused-ring (bicyclic) bond motifs is 2. The van der Waals surface area contributed by atoms with Gasteiger partial charge in [0.25, 0.3) is 0 Å². The minimum atomic E-state index is -4.85. The van der Waals surface area contributed by atoms with Crippen molar-refractivity contribution in [3.8, 4) is 0 Å². The molecule has 0 unspecified atom stereocenters. The largest absolute Gasteiger partial charge is 0.747 e. The van der Waals surface area contributed by atoms with Gasteiger partial charge in [-0.25, -0.2) is 8.42 Å². The second kappa shape index (κ2) is 7.05. The van der Waals surface area contributed by atoms with Gasteiger partial charge in [-0.1, -0.05) is 49.7 Å². The Morgan fingerprint density at radius 3 is 2.19 bits per heavy atom. The number of rotatable bonds is 5. The number of carbonyl (C=O) groups excluding carboxylic acids is 3. The first kappa shape index (κ1) is 18.9.